The van der Waals surface area contributed by atoms with Gasteiger partial charge < -0.3 is 14.2 Å². The number of benzene rings is 2. The van der Waals surface area contributed by atoms with Crippen LogP contribution in [0.3, 0.4) is 0 Å². The van der Waals surface area contributed by atoms with Gasteiger partial charge in [-0.15, -0.1) is 0 Å². The van der Waals surface area contributed by atoms with Gasteiger partial charge in [-0.1, -0.05) is 42.5 Å². The fraction of sp³-hybridized carbons (Fsp3) is 0.318. The Balaban J connectivity index is 2.09. The third kappa shape index (κ3) is 3.91. The number of carbonyl (C=O) groups excluding carboxylic acids is 3. The molecule has 2 atom stereocenters. The average molecular weight is 427 g/mol. The van der Waals surface area contributed by atoms with Gasteiger partial charge in [-0.2, -0.15) is 0 Å². The molecule has 0 radical (unpaired) electrons. The Morgan fingerprint density at radius 1 is 0.968 bits per heavy atom. The summed E-state index contributed by atoms with van der Waals surface area (Å²) < 4.78 is 15.8. The Morgan fingerprint density at radius 3 is 2.00 bits per heavy atom. The molecule has 31 heavy (non-hydrogen) atoms. The maximum absolute atomic E-state index is 13.1. The van der Waals surface area contributed by atoms with Crippen LogP contribution < -0.4 is 0 Å². The van der Waals surface area contributed by atoms with Crippen molar-refractivity contribution in [3.63, 3.8) is 0 Å². The third-order valence-corrected chi connectivity index (χ3v) is 4.99. The van der Waals surface area contributed by atoms with Gasteiger partial charge in [0.15, 0.2) is 5.78 Å². The highest BCUT2D eigenvalue weighted by Crippen LogP contribution is 2.49. The number of nitro groups is 1. The molecule has 0 bridgehead atoms. The molecule has 0 amide bonds. The van der Waals surface area contributed by atoms with Gasteiger partial charge in [-0.25, -0.2) is 9.59 Å². The lowest BCUT2D eigenvalue weighted by molar-refractivity contribution is -0.384. The van der Waals surface area contributed by atoms with Crippen molar-refractivity contribution < 1.29 is 33.5 Å². The maximum Gasteiger partial charge on any atom is 0.351 e. The van der Waals surface area contributed by atoms with Gasteiger partial charge >= 0.3 is 11.9 Å². The Bertz CT molecular complexity index is 968. The second kappa shape index (κ2) is 9.05. The Kier molecular flexibility index (Phi) is 6.45. The van der Waals surface area contributed by atoms with Crippen molar-refractivity contribution in [1.29, 1.82) is 0 Å². The first kappa shape index (κ1) is 22.1. The monoisotopic (exact) mass is 427 g/mol. The molecule has 9 heteroatoms. The average Bonchev–Trinajstić information content (AvgIpc) is 2.74. The van der Waals surface area contributed by atoms with E-state index in [1.54, 1.807) is 44.2 Å². The molecule has 1 saturated heterocycles. The largest absolute Gasteiger partial charge is 0.463 e. The molecule has 162 valence electrons. The lowest BCUT2D eigenvalue weighted by atomic mass is 9.70. The van der Waals surface area contributed by atoms with Crippen molar-refractivity contribution in [2.24, 2.45) is 0 Å². The van der Waals surface area contributed by atoms with Crippen LogP contribution in [0.2, 0.25) is 0 Å². The molecule has 1 fully saturated rings. The summed E-state index contributed by atoms with van der Waals surface area (Å²) in [4.78, 5) is 49.3. The van der Waals surface area contributed by atoms with Crippen LogP contribution in [-0.2, 0) is 23.8 Å². The van der Waals surface area contributed by atoms with Gasteiger partial charge in [0.2, 0.25) is 0 Å². The van der Waals surface area contributed by atoms with Crippen LogP contribution in [0.5, 0.6) is 0 Å². The number of ketones is 1. The summed E-state index contributed by atoms with van der Waals surface area (Å²) in [6, 6.07) is 13.5. The van der Waals surface area contributed by atoms with E-state index in [9.17, 15) is 24.5 Å². The van der Waals surface area contributed by atoms with E-state index >= 15 is 0 Å². The molecule has 1 heterocycles. The van der Waals surface area contributed by atoms with E-state index in [1.165, 1.54) is 24.3 Å². The predicted octanol–water partition coefficient (Wildman–Crippen LogP) is 2.83. The lowest BCUT2D eigenvalue weighted by Crippen LogP contribution is -2.70. The number of Topliss-reactive ketones (excluding diaryl/α,β-unsaturated/α-hetero) is 1. The molecule has 9 nitrogen and oxygen atoms in total. The number of nitrogens with zero attached hydrogens (tertiary/aromatic N) is 1. The first-order valence-corrected chi connectivity index (χ1v) is 9.72. The molecule has 0 saturated carbocycles. The van der Waals surface area contributed by atoms with Crippen molar-refractivity contribution >= 4 is 23.4 Å². The van der Waals surface area contributed by atoms with Crippen molar-refractivity contribution in [2.75, 3.05) is 13.2 Å². The van der Waals surface area contributed by atoms with Crippen LogP contribution in [0, 0.1) is 10.1 Å². The summed E-state index contributed by atoms with van der Waals surface area (Å²) in [6.07, 6.45) is -1.18. The van der Waals surface area contributed by atoms with E-state index in [0.717, 1.165) is 0 Å². The Hall–Kier alpha value is -3.59. The van der Waals surface area contributed by atoms with Crippen LogP contribution in [0.15, 0.2) is 54.6 Å². The number of nitro benzene ring substituents is 1. The Morgan fingerprint density at radius 2 is 1.52 bits per heavy atom. The van der Waals surface area contributed by atoms with Gasteiger partial charge in [0.1, 0.15) is 6.10 Å². The topological polar surface area (TPSA) is 122 Å². The molecule has 1 aliphatic heterocycles. The molecule has 0 spiro atoms. The molecule has 0 aromatic heterocycles. The summed E-state index contributed by atoms with van der Waals surface area (Å²) in [5.41, 5.74) is -1.68. The molecule has 0 aliphatic carbocycles. The number of esters is 2. The highest BCUT2D eigenvalue weighted by molar-refractivity contribution is 6.11. The maximum atomic E-state index is 13.1. The Labute approximate surface area is 178 Å². The quantitative estimate of drug-likeness (QED) is 0.207. The zero-order valence-electron chi connectivity index (χ0n) is 17.0. The van der Waals surface area contributed by atoms with Crippen LogP contribution in [-0.4, -0.2) is 47.6 Å². The SMILES string of the molecule is CCOC(=O)C1(C(=O)OCC)O[C@@H](C(=O)c2ccccc2)[C@@H]1c1ccc([N+](=O)[O-])cc1. The van der Waals surface area contributed by atoms with Crippen LogP contribution in [0.1, 0.15) is 35.7 Å². The van der Waals surface area contributed by atoms with Crippen molar-refractivity contribution in [3.05, 3.63) is 75.8 Å². The number of carbonyl (C=O) groups is 3. The van der Waals surface area contributed by atoms with Gasteiger partial charge in [0, 0.05) is 17.7 Å². The van der Waals surface area contributed by atoms with Crippen LogP contribution in [0.25, 0.3) is 0 Å². The van der Waals surface area contributed by atoms with E-state index in [-0.39, 0.29) is 18.9 Å². The zero-order chi connectivity index (χ0) is 22.6. The summed E-state index contributed by atoms with van der Waals surface area (Å²) in [7, 11) is 0. The molecule has 2 aromatic rings. The number of rotatable bonds is 8. The zero-order valence-corrected chi connectivity index (χ0v) is 17.0. The van der Waals surface area contributed by atoms with Crippen molar-refractivity contribution in [1.82, 2.24) is 0 Å². The summed E-state index contributed by atoms with van der Waals surface area (Å²) in [5, 5.41) is 11.0. The molecule has 0 N–H and O–H groups in total. The second-order valence-electron chi connectivity index (χ2n) is 6.77. The normalized spacial score (nSPS) is 19.0. The van der Waals surface area contributed by atoms with E-state index in [4.69, 9.17) is 14.2 Å². The lowest BCUT2D eigenvalue weighted by Gasteiger charge is -2.49. The number of non-ortho nitro benzene ring substituents is 1. The number of hydrogen-bond acceptors (Lipinski definition) is 8. The van der Waals surface area contributed by atoms with Gasteiger partial charge in [-0.05, 0) is 19.4 Å². The molecular weight excluding hydrogens is 406 g/mol. The van der Waals surface area contributed by atoms with E-state index in [2.05, 4.69) is 0 Å². The van der Waals surface area contributed by atoms with Crippen molar-refractivity contribution in [2.45, 2.75) is 31.5 Å². The third-order valence-electron chi connectivity index (χ3n) is 4.99. The second-order valence-corrected chi connectivity index (χ2v) is 6.77. The smallest absolute Gasteiger partial charge is 0.351 e. The van der Waals surface area contributed by atoms with Crippen LogP contribution in [0.4, 0.5) is 5.69 Å². The highest BCUT2D eigenvalue weighted by atomic mass is 16.6. The fourth-order valence-electron chi connectivity index (χ4n) is 3.58. The standard InChI is InChI=1S/C22H21NO8/c1-3-29-20(25)22(21(26)30-4-2)17(14-10-12-16(13-11-14)23(27)28)19(31-22)18(24)15-8-6-5-7-9-15/h5-13,17,19H,3-4H2,1-2H3/t17-,19+/m0/s1. The molecule has 3 rings (SSSR count). The van der Waals surface area contributed by atoms with E-state index in [1.807, 2.05) is 0 Å². The first-order chi connectivity index (χ1) is 14.9. The summed E-state index contributed by atoms with van der Waals surface area (Å²) in [5.74, 6) is -3.48. The van der Waals surface area contributed by atoms with Crippen molar-refractivity contribution in [3.8, 4) is 0 Å². The van der Waals surface area contributed by atoms with Crippen LogP contribution >= 0.6 is 0 Å². The minimum atomic E-state index is -2.18. The number of ether oxygens (including phenoxy) is 3. The predicted molar refractivity (Wildman–Crippen MR) is 107 cm³/mol. The molecule has 2 aromatic carbocycles. The molecular formula is C22H21NO8. The summed E-state index contributed by atoms with van der Waals surface area (Å²) in [6.45, 7) is 3.10. The minimum absolute atomic E-state index is 0.0202. The molecule has 1 aliphatic rings. The van der Waals surface area contributed by atoms with Gasteiger partial charge in [0.25, 0.3) is 11.3 Å². The van der Waals surface area contributed by atoms with Gasteiger partial charge in [-0.3, -0.25) is 14.9 Å². The van der Waals surface area contributed by atoms with E-state index in [0.29, 0.717) is 11.1 Å². The first-order valence-electron chi connectivity index (χ1n) is 9.72. The number of hydrogen-bond donors (Lipinski definition) is 0. The van der Waals surface area contributed by atoms with E-state index < -0.39 is 40.3 Å². The summed E-state index contributed by atoms with van der Waals surface area (Å²) >= 11 is 0. The minimum Gasteiger partial charge on any atom is -0.463 e. The molecule has 0 unspecified atom stereocenters. The van der Waals surface area contributed by atoms with Gasteiger partial charge in [0.05, 0.1) is 24.1 Å². The fourth-order valence-corrected chi connectivity index (χ4v) is 3.58. The highest BCUT2D eigenvalue weighted by Gasteiger charge is 2.70.